The standard InChI is InChI=1S/C24H45O4PS2.Zn/c1-3-5-7-9-11-13-18-22-31(30-28-29(25,26)27,24-20-16-15-17-21-24)23-19-14-12-10-8-6-4-2;/h15-17,20-21H,3-14,18-19,22-23H2,1-2H3,(H2,25,26,27);/q;+2/p-2. The fraction of sp³-hybridized carbons (Fsp3) is 0.750. The van der Waals surface area contributed by atoms with E-state index in [0.717, 1.165) is 53.2 Å². The number of unbranched alkanes of at least 4 members (excludes halogenated alkanes) is 12. The molecule has 0 unspecified atom stereocenters. The van der Waals surface area contributed by atoms with Gasteiger partial charge in [0.25, 0.3) is 0 Å². The van der Waals surface area contributed by atoms with Gasteiger partial charge in [0, 0.05) is 4.90 Å². The normalized spacial score (nSPS) is 12.5. The Kier molecular flexibility index (Phi) is 20.3. The SMILES string of the molecule is CCCCCCCCCS(CCCCCCCCC)(SOP(=O)([O-])[O-])c1ccccc1.[Zn+2]. The Morgan fingerprint density at radius 2 is 1.16 bits per heavy atom. The van der Waals surface area contributed by atoms with E-state index in [9.17, 15) is 14.4 Å². The molecule has 0 bridgehead atoms. The maximum absolute atomic E-state index is 11.3. The van der Waals surface area contributed by atoms with E-state index in [2.05, 4.69) is 26.0 Å². The summed E-state index contributed by atoms with van der Waals surface area (Å²) >= 11 is 0.968. The second-order valence-electron chi connectivity index (χ2n) is 8.37. The summed E-state index contributed by atoms with van der Waals surface area (Å²) in [6.07, 6.45) is 17.0. The molecule has 4 nitrogen and oxygen atoms in total. The Bertz CT molecular complexity index is 583. The van der Waals surface area contributed by atoms with E-state index in [1.807, 2.05) is 18.2 Å². The van der Waals surface area contributed by atoms with Gasteiger partial charge in [-0.15, -0.1) is 9.06 Å². The predicted octanol–water partition coefficient (Wildman–Crippen LogP) is 7.76. The summed E-state index contributed by atoms with van der Waals surface area (Å²) in [4.78, 5) is 23.8. The Balaban J connectivity index is 0.00000961. The van der Waals surface area contributed by atoms with Gasteiger partial charge in [0.1, 0.15) is 0 Å². The van der Waals surface area contributed by atoms with Crippen LogP contribution in [0.2, 0.25) is 0 Å². The van der Waals surface area contributed by atoms with E-state index in [-0.39, 0.29) is 19.5 Å². The summed E-state index contributed by atoms with van der Waals surface area (Å²) in [5, 5.41) is 0. The first-order valence-electron chi connectivity index (χ1n) is 12.2. The Labute approximate surface area is 215 Å². The molecule has 0 spiro atoms. The Hall–Kier alpha value is 0.653. The van der Waals surface area contributed by atoms with Crippen LogP contribution in [0.3, 0.4) is 0 Å². The second kappa shape index (κ2) is 19.9. The first-order chi connectivity index (χ1) is 14.9. The molecule has 0 atom stereocenters. The van der Waals surface area contributed by atoms with Gasteiger partial charge >= 0.3 is 19.5 Å². The van der Waals surface area contributed by atoms with Gasteiger partial charge in [-0.2, -0.15) is 0 Å². The third-order valence-electron chi connectivity index (χ3n) is 5.58. The molecule has 0 aromatic heterocycles. The van der Waals surface area contributed by atoms with Gasteiger partial charge in [-0.25, -0.2) is 0 Å². The topological polar surface area (TPSA) is 72.4 Å². The molecule has 0 saturated heterocycles. The first kappa shape index (κ1) is 32.7. The molecule has 0 amide bonds. The first-order valence-corrected chi connectivity index (χ1v) is 16.9. The fourth-order valence-corrected chi connectivity index (χ4v) is 10.8. The predicted molar refractivity (Wildman–Crippen MR) is 134 cm³/mol. The number of phosphoric acid groups is 1. The van der Waals surface area contributed by atoms with Crippen molar-refractivity contribution in [1.29, 1.82) is 0 Å². The van der Waals surface area contributed by atoms with Crippen LogP contribution in [0, 0.1) is 0 Å². The molecule has 0 radical (unpaired) electrons. The summed E-state index contributed by atoms with van der Waals surface area (Å²) in [6, 6.07) is 10.1. The molecular formula is C24H43O4PS2Zn. The van der Waals surface area contributed by atoms with Crippen molar-refractivity contribution in [3.8, 4) is 0 Å². The van der Waals surface area contributed by atoms with Gasteiger partial charge in [0.15, 0.2) is 0 Å². The van der Waals surface area contributed by atoms with E-state index < -0.39 is 16.9 Å². The average molecular weight is 556 g/mol. The largest absolute Gasteiger partial charge is 2.00 e. The summed E-state index contributed by atoms with van der Waals surface area (Å²) in [6.45, 7) is 4.45. The number of benzene rings is 1. The molecule has 182 valence electrons. The van der Waals surface area contributed by atoms with E-state index in [4.69, 9.17) is 3.97 Å². The van der Waals surface area contributed by atoms with E-state index in [1.165, 1.54) is 64.2 Å². The quantitative estimate of drug-likeness (QED) is 0.0540. The van der Waals surface area contributed by atoms with Crippen LogP contribution < -0.4 is 9.79 Å². The maximum atomic E-state index is 11.3. The molecule has 1 aromatic rings. The molecule has 1 rings (SSSR count). The van der Waals surface area contributed by atoms with Gasteiger partial charge in [-0.1, -0.05) is 109 Å². The molecular weight excluding hydrogens is 513 g/mol. The number of hydrogen-bond donors (Lipinski definition) is 0. The molecule has 0 saturated carbocycles. The van der Waals surface area contributed by atoms with Crippen LogP contribution in [-0.2, 0) is 28.0 Å². The smallest absolute Gasteiger partial charge is 0.789 e. The molecule has 0 aliphatic heterocycles. The van der Waals surface area contributed by atoms with Crippen molar-refractivity contribution in [3.05, 3.63) is 30.3 Å². The van der Waals surface area contributed by atoms with Gasteiger partial charge in [-0.05, 0) is 36.5 Å². The van der Waals surface area contributed by atoms with Crippen LogP contribution in [0.5, 0.6) is 0 Å². The molecule has 0 heterocycles. The average Bonchev–Trinajstić information content (AvgIpc) is 2.75. The van der Waals surface area contributed by atoms with Gasteiger partial charge in [0.2, 0.25) is 0 Å². The van der Waals surface area contributed by atoms with E-state index >= 15 is 0 Å². The van der Waals surface area contributed by atoms with Crippen LogP contribution in [0.15, 0.2) is 35.2 Å². The van der Waals surface area contributed by atoms with Crippen LogP contribution in [0.4, 0.5) is 0 Å². The molecule has 32 heavy (non-hydrogen) atoms. The Morgan fingerprint density at radius 1 is 0.750 bits per heavy atom. The van der Waals surface area contributed by atoms with Crippen LogP contribution in [-0.4, -0.2) is 11.5 Å². The molecule has 0 aliphatic carbocycles. The van der Waals surface area contributed by atoms with Crippen molar-refractivity contribution in [2.75, 3.05) is 11.5 Å². The fourth-order valence-electron chi connectivity index (χ4n) is 3.79. The zero-order chi connectivity index (χ0) is 22.8. The minimum absolute atomic E-state index is 0. The molecule has 1 aromatic carbocycles. The van der Waals surface area contributed by atoms with Crippen molar-refractivity contribution in [2.24, 2.45) is 0 Å². The maximum Gasteiger partial charge on any atom is 2.00 e. The minimum atomic E-state index is -5.01. The second-order valence-corrected chi connectivity index (χ2v) is 15.2. The zero-order valence-corrected chi connectivity index (χ0v) is 25.8. The van der Waals surface area contributed by atoms with E-state index in [1.54, 1.807) is 0 Å². The third-order valence-corrected chi connectivity index (χ3v) is 12.7. The monoisotopic (exact) mass is 554 g/mol. The zero-order valence-electron chi connectivity index (χ0n) is 20.3. The summed E-state index contributed by atoms with van der Waals surface area (Å²) in [5.41, 5.74) is 0. The van der Waals surface area contributed by atoms with Crippen molar-refractivity contribution in [3.63, 3.8) is 0 Å². The van der Waals surface area contributed by atoms with Crippen molar-refractivity contribution >= 4 is 28.0 Å². The molecule has 8 heteroatoms. The minimum Gasteiger partial charge on any atom is -0.789 e. The molecule has 0 aliphatic rings. The van der Waals surface area contributed by atoms with Crippen LogP contribution in [0.25, 0.3) is 0 Å². The van der Waals surface area contributed by atoms with Crippen LogP contribution in [0.1, 0.15) is 104 Å². The summed E-state index contributed by atoms with van der Waals surface area (Å²) in [5.74, 6) is 1.82. The number of rotatable bonds is 20. The van der Waals surface area contributed by atoms with Gasteiger partial charge in [0.05, 0.1) is 18.9 Å². The Morgan fingerprint density at radius 3 is 1.56 bits per heavy atom. The van der Waals surface area contributed by atoms with Crippen molar-refractivity contribution in [1.82, 2.24) is 0 Å². The summed E-state index contributed by atoms with van der Waals surface area (Å²) in [7, 11) is -6.59. The van der Waals surface area contributed by atoms with Gasteiger partial charge in [-0.3, -0.25) is 3.97 Å². The van der Waals surface area contributed by atoms with Crippen molar-refractivity contribution < 1.29 is 37.8 Å². The molecule has 0 N–H and O–H groups in total. The van der Waals surface area contributed by atoms with Crippen molar-refractivity contribution in [2.45, 2.75) is 109 Å². The molecule has 0 fully saturated rings. The van der Waals surface area contributed by atoms with Gasteiger partial charge < -0.3 is 14.4 Å². The summed E-state index contributed by atoms with van der Waals surface area (Å²) < 4.78 is 16.2. The number of hydrogen-bond acceptors (Lipinski definition) is 5. The van der Waals surface area contributed by atoms with E-state index in [0.29, 0.717) is 0 Å². The van der Waals surface area contributed by atoms with Crippen LogP contribution >= 0.6 is 28.0 Å². The third kappa shape index (κ3) is 15.5.